The minimum absolute atomic E-state index is 0.0836. The molecule has 1 rings (SSSR count). The minimum atomic E-state index is 0.0836. The second-order valence-corrected chi connectivity index (χ2v) is 6.13. The van der Waals surface area contributed by atoms with Gasteiger partial charge in [-0.05, 0) is 34.1 Å². The van der Waals surface area contributed by atoms with Crippen LogP contribution in [0.4, 0.5) is 0 Å². The fourth-order valence-electron chi connectivity index (χ4n) is 3.01. The first kappa shape index (κ1) is 17.0. The van der Waals surface area contributed by atoms with Gasteiger partial charge in [-0.15, -0.1) is 0 Å². The van der Waals surface area contributed by atoms with E-state index in [-0.39, 0.29) is 6.10 Å². The fraction of sp³-hybridized carbons (Fsp3) is 0.556. The molecule has 20 heavy (non-hydrogen) atoms. The first-order chi connectivity index (χ1) is 9.27. The Morgan fingerprint density at radius 2 is 2.05 bits per heavy atom. The van der Waals surface area contributed by atoms with Crippen molar-refractivity contribution in [2.45, 2.75) is 47.1 Å². The van der Waals surface area contributed by atoms with Crippen molar-refractivity contribution in [3.05, 3.63) is 46.5 Å². The molecule has 0 fully saturated rings. The molecule has 0 amide bonds. The summed E-state index contributed by atoms with van der Waals surface area (Å²) >= 11 is 0. The van der Waals surface area contributed by atoms with Crippen molar-refractivity contribution in [1.82, 2.24) is 0 Å². The van der Waals surface area contributed by atoms with Crippen LogP contribution in [0.15, 0.2) is 46.5 Å². The Labute approximate surface area is 125 Å². The highest BCUT2D eigenvalue weighted by molar-refractivity contribution is 6.24. The molecule has 0 saturated heterocycles. The van der Waals surface area contributed by atoms with E-state index < -0.39 is 0 Å². The van der Waals surface area contributed by atoms with Gasteiger partial charge < -0.3 is 4.74 Å². The molecular formula is C18H27BO. The van der Waals surface area contributed by atoms with Crippen LogP contribution in [0.25, 0.3) is 0 Å². The van der Waals surface area contributed by atoms with Gasteiger partial charge in [-0.2, -0.15) is 0 Å². The molecule has 0 saturated carbocycles. The molecule has 0 aliphatic heterocycles. The van der Waals surface area contributed by atoms with E-state index >= 15 is 0 Å². The predicted octanol–water partition coefficient (Wildman–Crippen LogP) is 4.57. The summed E-state index contributed by atoms with van der Waals surface area (Å²) in [6, 6.07) is 0. The van der Waals surface area contributed by atoms with Gasteiger partial charge in [-0.3, -0.25) is 0 Å². The van der Waals surface area contributed by atoms with Gasteiger partial charge in [-0.1, -0.05) is 53.4 Å². The maximum absolute atomic E-state index is 6.06. The molecule has 3 atom stereocenters. The zero-order valence-electron chi connectivity index (χ0n) is 13.8. The molecule has 1 aliphatic rings. The zero-order valence-corrected chi connectivity index (χ0v) is 13.8. The molecule has 0 spiro atoms. The quantitative estimate of drug-likeness (QED) is 0.525. The number of hydrogen-bond donors (Lipinski definition) is 0. The summed E-state index contributed by atoms with van der Waals surface area (Å²) in [4.78, 5) is 0. The van der Waals surface area contributed by atoms with Gasteiger partial charge in [0, 0.05) is 18.9 Å². The van der Waals surface area contributed by atoms with Crippen molar-refractivity contribution in [3.63, 3.8) is 0 Å². The van der Waals surface area contributed by atoms with Crippen molar-refractivity contribution < 1.29 is 4.74 Å². The molecule has 1 aliphatic carbocycles. The lowest BCUT2D eigenvalue weighted by Crippen LogP contribution is -2.20. The van der Waals surface area contributed by atoms with Crippen LogP contribution in [0.2, 0.25) is 0 Å². The standard InChI is InChI=1S/C18H27BO/c1-11(2)18(20-7)15(6)8-12(3)16-9-13(4)17(19)14(5)10-16/h8-9,15-16,18H,1,10H2,2-7H3/b12-8+. The van der Waals surface area contributed by atoms with Crippen LogP contribution < -0.4 is 0 Å². The summed E-state index contributed by atoms with van der Waals surface area (Å²) in [6.45, 7) is 14.6. The van der Waals surface area contributed by atoms with Crippen molar-refractivity contribution in [2.24, 2.45) is 11.8 Å². The van der Waals surface area contributed by atoms with Gasteiger partial charge in [-0.25, -0.2) is 0 Å². The highest BCUT2D eigenvalue weighted by Gasteiger charge is 2.19. The van der Waals surface area contributed by atoms with Crippen LogP contribution in [0.5, 0.6) is 0 Å². The summed E-state index contributed by atoms with van der Waals surface area (Å²) in [6.07, 6.45) is 5.69. The van der Waals surface area contributed by atoms with Gasteiger partial charge in [0.25, 0.3) is 0 Å². The molecule has 0 N–H and O–H groups in total. The highest BCUT2D eigenvalue weighted by atomic mass is 16.5. The lowest BCUT2D eigenvalue weighted by Gasteiger charge is -2.26. The number of rotatable bonds is 5. The Kier molecular flexibility index (Phi) is 6.07. The monoisotopic (exact) mass is 270 g/mol. The van der Waals surface area contributed by atoms with E-state index in [0.29, 0.717) is 11.8 Å². The smallest absolute Gasteiger partial charge is 0.114 e. The third-order valence-electron chi connectivity index (χ3n) is 4.19. The largest absolute Gasteiger partial charge is 0.377 e. The van der Waals surface area contributed by atoms with Crippen LogP contribution in [-0.4, -0.2) is 21.1 Å². The molecule has 0 heterocycles. The first-order valence-corrected chi connectivity index (χ1v) is 7.28. The molecule has 0 aromatic carbocycles. The van der Waals surface area contributed by atoms with Crippen molar-refractivity contribution in [2.75, 3.05) is 7.11 Å². The van der Waals surface area contributed by atoms with Crippen molar-refractivity contribution >= 4 is 7.85 Å². The average Bonchev–Trinajstić information content (AvgIpc) is 2.35. The van der Waals surface area contributed by atoms with Gasteiger partial charge in [0.1, 0.15) is 7.85 Å². The van der Waals surface area contributed by atoms with Crippen LogP contribution in [0, 0.1) is 11.8 Å². The van der Waals surface area contributed by atoms with E-state index in [1.807, 2.05) is 6.92 Å². The normalized spacial score (nSPS) is 23.4. The summed E-state index contributed by atoms with van der Waals surface area (Å²) in [5.41, 5.74) is 5.89. The Morgan fingerprint density at radius 1 is 1.45 bits per heavy atom. The SMILES string of the molecule is [B]C1=C(C)CC(/C(C)=C/C(C)C(OC)C(=C)C)C=C1C. The molecule has 2 radical (unpaired) electrons. The van der Waals surface area contributed by atoms with Crippen LogP contribution in [-0.2, 0) is 4.74 Å². The Balaban J connectivity index is 2.88. The van der Waals surface area contributed by atoms with E-state index in [9.17, 15) is 0 Å². The van der Waals surface area contributed by atoms with Crippen molar-refractivity contribution in [3.8, 4) is 0 Å². The molecule has 1 nitrogen and oxygen atoms in total. The van der Waals surface area contributed by atoms with Crippen LogP contribution in [0.1, 0.15) is 41.0 Å². The topological polar surface area (TPSA) is 9.23 Å². The summed E-state index contributed by atoms with van der Waals surface area (Å²) in [5, 5.41) is 0. The second-order valence-electron chi connectivity index (χ2n) is 6.13. The first-order valence-electron chi connectivity index (χ1n) is 7.28. The van der Waals surface area contributed by atoms with Gasteiger partial charge in [0.2, 0.25) is 0 Å². The van der Waals surface area contributed by atoms with Crippen LogP contribution in [0.3, 0.4) is 0 Å². The minimum Gasteiger partial charge on any atom is -0.377 e. The van der Waals surface area contributed by atoms with Crippen molar-refractivity contribution in [1.29, 1.82) is 0 Å². The second kappa shape index (κ2) is 7.13. The molecule has 108 valence electrons. The summed E-state index contributed by atoms with van der Waals surface area (Å²) in [5.74, 6) is 0.780. The number of methoxy groups -OCH3 is 1. The third kappa shape index (κ3) is 3.99. The van der Waals surface area contributed by atoms with E-state index in [0.717, 1.165) is 17.5 Å². The molecule has 0 bridgehead atoms. The van der Waals surface area contributed by atoms with E-state index in [1.165, 1.54) is 16.7 Å². The van der Waals surface area contributed by atoms with E-state index in [1.54, 1.807) is 7.11 Å². The molecular weight excluding hydrogens is 243 g/mol. The maximum Gasteiger partial charge on any atom is 0.114 e. The lowest BCUT2D eigenvalue weighted by atomic mass is 9.74. The Bertz CT molecular complexity index is 468. The highest BCUT2D eigenvalue weighted by Crippen LogP contribution is 2.32. The summed E-state index contributed by atoms with van der Waals surface area (Å²) in [7, 11) is 7.80. The Hall–Kier alpha value is -1.02. The van der Waals surface area contributed by atoms with E-state index in [4.69, 9.17) is 12.6 Å². The van der Waals surface area contributed by atoms with Gasteiger partial charge in [0.15, 0.2) is 0 Å². The maximum atomic E-state index is 6.06. The molecule has 0 aromatic rings. The fourth-order valence-corrected chi connectivity index (χ4v) is 3.01. The number of ether oxygens (including phenoxy) is 1. The Morgan fingerprint density at radius 3 is 2.50 bits per heavy atom. The predicted molar refractivity (Wildman–Crippen MR) is 88.9 cm³/mol. The molecule has 3 unspecified atom stereocenters. The van der Waals surface area contributed by atoms with E-state index in [2.05, 4.69) is 46.4 Å². The van der Waals surface area contributed by atoms with Gasteiger partial charge in [0.05, 0.1) is 6.10 Å². The third-order valence-corrected chi connectivity index (χ3v) is 4.19. The van der Waals surface area contributed by atoms with Crippen LogP contribution >= 0.6 is 0 Å². The molecule has 2 heteroatoms. The number of allylic oxidation sites excluding steroid dienone is 5. The molecule has 0 aromatic heterocycles. The van der Waals surface area contributed by atoms with Gasteiger partial charge >= 0.3 is 0 Å². The number of hydrogen-bond acceptors (Lipinski definition) is 1. The zero-order chi connectivity index (χ0) is 15.4. The summed E-state index contributed by atoms with van der Waals surface area (Å²) < 4.78 is 5.53. The lowest BCUT2D eigenvalue weighted by molar-refractivity contribution is 0.103. The average molecular weight is 270 g/mol.